The van der Waals surface area contributed by atoms with E-state index in [4.69, 9.17) is 11.6 Å². The smallest absolute Gasteiger partial charge is 0.255 e. The topological polar surface area (TPSA) is 54.9 Å². The number of halogens is 2. The molecule has 0 radical (unpaired) electrons. The lowest BCUT2D eigenvalue weighted by atomic mass is 10.2. The average molecular weight is 300 g/mol. The van der Waals surface area contributed by atoms with E-state index in [0.29, 0.717) is 6.42 Å². The summed E-state index contributed by atoms with van der Waals surface area (Å²) in [6.45, 7) is 1.93. The minimum Gasteiger partial charge on any atom is -0.343 e. The summed E-state index contributed by atoms with van der Waals surface area (Å²) in [5.74, 6) is -1.06. The number of carbonyl (C=O) groups is 1. The van der Waals surface area contributed by atoms with Crippen LogP contribution in [0.1, 0.15) is 34.8 Å². The normalized spacial score (nSPS) is 12.2. The second-order valence-electron chi connectivity index (χ2n) is 3.80. The highest BCUT2D eigenvalue weighted by Crippen LogP contribution is 2.21. The van der Waals surface area contributed by atoms with Gasteiger partial charge in [0.05, 0.1) is 17.8 Å². The van der Waals surface area contributed by atoms with Gasteiger partial charge in [0.2, 0.25) is 0 Å². The van der Waals surface area contributed by atoms with Gasteiger partial charge in [-0.05, 0) is 12.5 Å². The van der Waals surface area contributed by atoms with Crippen LogP contribution in [0.3, 0.4) is 0 Å². The number of nitrogens with one attached hydrogen (secondary N) is 1. The molecule has 1 atom stereocenters. The summed E-state index contributed by atoms with van der Waals surface area (Å²) in [4.78, 5) is 19.8. The first-order valence-corrected chi connectivity index (χ1v) is 6.89. The predicted molar refractivity (Wildman–Crippen MR) is 71.8 cm³/mol. The van der Waals surface area contributed by atoms with Crippen molar-refractivity contribution < 1.29 is 9.18 Å². The van der Waals surface area contributed by atoms with E-state index < -0.39 is 11.7 Å². The van der Waals surface area contributed by atoms with Crippen molar-refractivity contribution >= 4 is 28.8 Å². The Bertz CT molecular complexity index is 576. The van der Waals surface area contributed by atoms with Crippen LogP contribution in [0.15, 0.2) is 23.8 Å². The molecule has 0 fully saturated rings. The summed E-state index contributed by atoms with van der Waals surface area (Å²) in [7, 11) is 0. The van der Waals surface area contributed by atoms with E-state index in [9.17, 15) is 9.18 Å². The molecule has 2 aromatic rings. The number of amides is 1. The third kappa shape index (κ3) is 3.27. The van der Waals surface area contributed by atoms with Gasteiger partial charge in [0.25, 0.3) is 5.91 Å². The molecule has 19 heavy (non-hydrogen) atoms. The fourth-order valence-electron chi connectivity index (χ4n) is 1.56. The van der Waals surface area contributed by atoms with Crippen LogP contribution in [0.5, 0.6) is 0 Å². The number of pyridine rings is 1. The Labute approximate surface area is 118 Å². The summed E-state index contributed by atoms with van der Waals surface area (Å²) < 4.78 is 13.1. The maximum atomic E-state index is 13.1. The van der Waals surface area contributed by atoms with E-state index in [2.05, 4.69) is 15.3 Å². The highest BCUT2D eigenvalue weighted by atomic mass is 35.5. The summed E-state index contributed by atoms with van der Waals surface area (Å²) in [5.41, 5.74) is 0.0247. The highest BCUT2D eigenvalue weighted by molar-refractivity contribution is 7.09. The molecule has 2 heterocycles. The second kappa shape index (κ2) is 6.08. The van der Waals surface area contributed by atoms with Gasteiger partial charge in [0, 0.05) is 11.6 Å². The Morgan fingerprint density at radius 1 is 1.58 bits per heavy atom. The number of aromatic nitrogens is 2. The number of nitrogens with zero attached hydrogens (tertiary/aromatic N) is 2. The Morgan fingerprint density at radius 2 is 2.37 bits per heavy atom. The van der Waals surface area contributed by atoms with Crippen LogP contribution in [0.4, 0.5) is 4.39 Å². The van der Waals surface area contributed by atoms with Crippen LogP contribution >= 0.6 is 22.9 Å². The molecule has 0 saturated heterocycles. The van der Waals surface area contributed by atoms with Gasteiger partial charge in [-0.1, -0.05) is 18.5 Å². The molecule has 1 amide bonds. The van der Waals surface area contributed by atoms with Crippen LogP contribution in [-0.4, -0.2) is 15.9 Å². The third-order valence-corrected chi connectivity index (χ3v) is 3.70. The lowest BCUT2D eigenvalue weighted by Crippen LogP contribution is -2.28. The maximum Gasteiger partial charge on any atom is 0.255 e. The van der Waals surface area contributed by atoms with Crippen molar-refractivity contribution in [3.63, 3.8) is 0 Å². The molecule has 1 N–H and O–H groups in total. The number of rotatable bonds is 4. The molecule has 2 rings (SSSR count). The molecule has 0 spiro atoms. The zero-order chi connectivity index (χ0) is 13.8. The molecule has 4 nitrogen and oxygen atoms in total. The van der Waals surface area contributed by atoms with Crippen molar-refractivity contribution in [1.29, 1.82) is 0 Å². The van der Waals surface area contributed by atoms with Crippen molar-refractivity contribution in [3.05, 3.63) is 45.4 Å². The molecular weight excluding hydrogens is 289 g/mol. The van der Waals surface area contributed by atoms with E-state index in [1.165, 1.54) is 11.3 Å². The van der Waals surface area contributed by atoms with E-state index in [0.717, 1.165) is 17.3 Å². The van der Waals surface area contributed by atoms with Crippen LogP contribution in [0.2, 0.25) is 5.15 Å². The molecule has 1 unspecified atom stereocenters. The molecule has 2 aromatic heterocycles. The van der Waals surface area contributed by atoms with Gasteiger partial charge in [-0.2, -0.15) is 0 Å². The quantitative estimate of drug-likeness (QED) is 0.882. The van der Waals surface area contributed by atoms with E-state index in [-0.39, 0.29) is 16.8 Å². The molecule has 100 valence electrons. The monoisotopic (exact) mass is 299 g/mol. The summed E-state index contributed by atoms with van der Waals surface area (Å²) >= 11 is 7.24. The zero-order valence-corrected chi connectivity index (χ0v) is 11.6. The first kappa shape index (κ1) is 13.9. The number of hydrogen-bond acceptors (Lipinski definition) is 4. The van der Waals surface area contributed by atoms with Crippen molar-refractivity contribution in [1.82, 2.24) is 15.3 Å². The van der Waals surface area contributed by atoms with Crippen LogP contribution < -0.4 is 5.32 Å². The number of thiazole rings is 1. The minimum absolute atomic E-state index is 0.0205. The minimum atomic E-state index is -0.600. The number of carbonyl (C=O) groups excluding carboxylic acids is 1. The molecule has 0 aliphatic heterocycles. The second-order valence-corrected chi connectivity index (χ2v) is 5.08. The van der Waals surface area contributed by atoms with Gasteiger partial charge in [-0.15, -0.1) is 11.3 Å². The zero-order valence-electron chi connectivity index (χ0n) is 10.1. The SMILES string of the molecule is CCC(NC(=O)c1cc(F)cnc1Cl)c1nccs1. The third-order valence-electron chi connectivity index (χ3n) is 2.51. The molecule has 0 aliphatic carbocycles. The fraction of sp³-hybridized carbons (Fsp3) is 0.250. The van der Waals surface area contributed by atoms with Gasteiger partial charge in [-0.3, -0.25) is 4.79 Å². The van der Waals surface area contributed by atoms with Gasteiger partial charge in [-0.25, -0.2) is 14.4 Å². The Kier molecular flexibility index (Phi) is 4.44. The fourth-order valence-corrected chi connectivity index (χ4v) is 2.52. The van der Waals surface area contributed by atoms with Gasteiger partial charge in [0.1, 0.15) is 16.0 Å². The van der Waals surface area contributed by atoms with Gasteiger partial charge < -0.3 is 5.32 Å². The van der Waals surface area contributed by atoms with Crippen molar-refractivity contribution in [3.8, 4) is 0 Å². The largest absolute Gasteiger partial charge is 0.343 e. The van der Waals surface area contributed by atoms with Crippen LogP contribution in [-0.2, 0) is 0 Å². The van der Waals surface area contributed by atoms with E-state index >= 15 is 0 Å². The van der Waals surface area contributed by atoms with E-state index in [1.54, 1.807) is 6.20 Å². The van der Waals surface area contributed by atoms with Crippen LogP contribution in [0, 0.1) is 5.82 Å². The molecule has 0 saturated carbocycles. The van der Waals surface area contributed by atoms with Gasteiger partial charge in [0.15, 0.2) is 0 Å². The van der Waals surface area contributed by atoms with E-state index in [1.807, 2.05) is 12.3 Å². The molecule has 0 aromatic carbocycles. The molecule has 7 heteroatoms. The summed E-state index contributed by atoms with van der Waals surface area (Å²) in [5, 5.41) is 5.39. The van der Waals surface area contributed by atoms with Gasteiger partial charge >= 0.3 is 0 Å². The lowest BCUT2D eigenvalue weighted by molar-refractivity contribution is 0.0935. The van der Waals surface area contributed by atoms with Crippen molar-refractivity contribution in [2.45, 2.75) is 19.4 Å². The Morgan fingerprint density at radius 3 is 3.00 bits per heavy atom. The van der Waals surface area contributed by atoms with Crippen LogP contribution in [0.25, 0.3) is 0 Å². The highest BCUT2D eigenvalue weighted by Gasteiger charge is 2.19. The van der Waals surface area contributed by atoms with Crippen molar-refractivity contribution in [2.75, 3.05) is 0 Å². The maximum absolute atomic E-state index is 13.1. The molecule has 0 bridgehead atoms. The standard InChI is InChI=1S/C12H11ClFN3OS/c1-2-9(12-15-3-4-19-12)17-11(18)8-5-7(14)6-16-10(8)13/h3-6,9H,2H2,1H3,(H,17,18). The first-order valence-electron chi connectivity index (χ1n) is 5.63. The Hall–Kier alpha value is -1.53. The summed E-state index contributed by atoms with van der Waals surface area (Å²) in [6, 6.07) is 0.853. The molecular formula is C12H11ClFN3OS. The summed E-state index contributed by atoms with van der Waals surface area (Å²) in [6.07, 6.45) is 3.32. The lowest BCUT2D eigenvalue weighted by Gasteiger charge is -2.14. The molecule has 0 aliphatic rings. The first-order chi connectivity index (χ1) is 9.11. The average Bonchev–Trinajstić information content (AvgIpc) is 2.92. The number of hydrogen-bond donors (Lipinski definition) is 1. The Balaban J connectivity index is 2.18. The predicted octanol–water partition coefficient (Wildman–Crippen LogP) is 3.21. The van der Waals surface area contributed by atoms with Crippen molar-refractivity contribution in [2.24, 2.45) is 0 Å².